The number of hydrogen-bond acceptors (Lipinski definition) is 2. The number of aromatic nitrogens is 1. The van der Waals surface area contributed by atoms with Crippen LogP contribution in [0.5, 0.6) is 0 Å². The molecule has 0 saturated heterocycles. The molecule has 84 valence electrons. The number of aliphatic hydroxyl groups is 1. The summed E-state index contributed by atoms with van der Waals surface area (Å²) >= 11 is 0. The zero-order valence-electron chi connectivity index (χ0n) is 9.77. The van der Waals surface area contributed by atoms with Crippen LogP contribution >= 0.6 is 0 Å². The number of nitrogens with zero attached hydrogens (tertiary/aromatic N) is 1. The molecule has 1 heterocycles. The lowest BCUT2D eigenvalue weighted by molar-refractivity contribution is 0.201. The smallest absolute Gasteiger partial charge is 0.0769 e. The molecule has 0 radical (unpaired) electrons. The average molecular weight is 215 g/mol. The molecule has 1 aromatic heterocycles. The van der Waals surface area contributed by atoms with Gasteiger partial charge in [0.25, 0.3) is 0 Å². The van der Waals surface area contributed by atoms with Crippen molar-refractivity contribution in [1.29, 1.82) is 0 Å². The molecule has 1 unspecified atom stereocenters. The van der Waals surface area contributed by atoms with Gasteiger partial charge in [-0.05, 0) is 30.5 Å². The lowest BCUT2D eigenvalue weighted by Gasteiger charge is -2.10. The minimum Gasteiger partial charge on any atom is -0.389 e. The zero-order chi connectivity index (χ0) is 11.5. The molecule has 0 aliphatic carbocycles. The van der Waals surface area contributed by atoms with Crippen LogP contribution in [0.15, 0.2) is 30.5 Å². The van der Waals surface area contributed by atoms with E-state index in [4.69, 9.17) is 0 Å². The highest BCUT2D eigenvalue weighted by Gasteiger charge is 2.08. The third-order valence-electron chi connectivity index (χ3n) is 2.86. The Morgan fingerprint density at radius 1 is 1.31 bits per heavy atom. The van der Waals surface area contributed by atoms with Gasteiger partial charge in [0.2, 0.25) is 0 Å². The molecular weight excluding hydrogens is 198 g/mol. The van der Waals surface area contributed by atoms with Crippen LogP contribution in [0.2, 0.25) is 0 Å². The lowest BCUT2D eigenvalue weighted by Crippen LogP contribution is -1.96. The van der Waals surface area contributed by atoms with Crippen LogP contribution in [0.3, 0.4) is 0 Å². The van der Waals surface area contributed by atoms with E-state index < -0.39 is 6.10 Å². The van der Waals surface area contributed by atoms with E-state index in [1.165, 1.54) is 5.56 Å². The summed E-state index contributed by atoms with van der Waals surface area (Å²) in [6.07, 6.45) is 3.49. The van der Waals surface area contributed by atoms with Crippen molar-refractivity contribution in [2.75, 3.05) is 0 Å². The Bertz CT molecular complexity index is 491. The summed E-state index contributed by atoms with van der Waals surface area (Å²) in [5.74, 6) is 0. The first-order valence-corrected chi connectivity index (χ1v) is 5.78. The molecule has 0 bridgehead atoms. The van der Waals surface area contributed by atoms with Crippen LogP contribution in [0.25, 0.3) is 10.9 Å². The minimum absolute atomic E-state index is 0.442. The van der Waals surface area contributed by atoms with Crippen LogP contribution < -0.4 is 0 Å². The van der Waals surface area contributed by atoms with Crippen LogP contribution in [-0.2, 0) is 6.42 Å². The van der Waals surface area contributed by atoms with E-state index in [9.17, 15) is 5.11 Å². The predicted octanol–water partition coefficient (Wildman–Crippen LogP) is 3.24. The first-order chi connectivity index (χ1) is 7.74. The van der Waals surface area contributed by atoms with Crippen LogP contribution in [-0.4, -0.2) is 10.1 Å². The first-order valence-electron chi connectivity index (χ1n) is 5.78. The quantitative estimate of drug-likeness (QED) is 0.852. The summed E-state index contributed by atoms with van der Waals surface area (Å²) in [5, 5.41) is 10.8. The van der Waals surface area contributed by atoms with Crippen LogP contribution in [0.1, 0.15) is 37.5 Å². The fourth-order valence-corrected chi connectivity index (χ4v) is 2.09. The second-order valence-corrected chi connectivity index (χ2v) is 4.14. The maximum Gasteiger partial charge on any atom is 0.0769 e. The van der Waals surface area contributed by atoms with Gasteiger partial charge in [0.15, 0.2) is 0 Å². The van der Waals surface area contributed by atoms with Crippen molar-refractivity contribution in [2.24, 2.45) is 0 Å². The normalized spacial score (nSPS) is 12.9. The highest BCUT2D eigenvalue weighted by atomic mass is 16.3. The summed E-state index contributed by atoms with van der Waals surface area (Å²) in [6, 6.07) is 8.08. The van der Waals surface area contributed by atoms with Crippen molar-refractivity contribution >= 4 is 10.9 Å². The Morgan fingerprint density at radius 3 is 2.81 bits per heavy atom. The number of benzene rings is 1. The third-order valence-corrected chi connectivity index (χ3v) is 2.86. The Kier molecular flexibility index (Phi) is 3.20. The number of aliphatic hydroxyl groups excluding tert-OH is 1. The van der Waals surface area contributed by atoms with Crippen LogP contribution in [0.4, 0.5) is 0 Å². The van der Waals surface area contributed by atoms with E-state index in [1.54, 1.807) is 13.1 Å². The van der Waals surface area contributed by atoms with Crippen molar-refractivity contribution in [3.63, 3.8) is 0 Å². The van der Waals surface area contributed by atoms with Gasteiger partial charge in [0, 0.05) is 11.6 Å². The monoisotopic (exact) mass is 215 g/mol. The maximum atomic E-state index is 9.71. The zero-order valence-corrected chi connectivity index (χ0v) is 9.77. The molecule has 0 fully saturated rings. The lowest BCUT2D eigenvalue weighted by atomic mass is 10.0. The number of rotatable bonds is 3. The Balaban J connectivity index is 2.66. The van der Waals surface area contributed by atoms with Crippen molar-refractivity contribution in [3.05, 3.63) is 41.6 Å². The first kappa shape index (κ1) is 11.1. The molecule has 2 rings (SSSR count). The number of fused-ring (bicyclic) bond motifs is 1. The molecule has 0 saturated carbocycles. The van der Waals surface area contributed by atoms with Crippen LogP contribution in [0, 0.1) is 0 Å². The van der Waals surface area contributed by atoms with Gasteiger partial charge in [-0.1, -0.05) is 31.5 Å². The predicted molar refractivity (Wildman–Crippen MR) is 66.4 cm³/mol. The number of pyridine rings is 1. The molecule has 0 aliphatic rings. The van der Waals surface area contributed by atoms with E-state index in [-0.39, 0.29) is 0 Å². The van der Waals surface area contributed by atoms with Gasteiger partial charge >= 0.3 is 0 Å². The topological polar surface area (TPSA) is 33.1 Å². The molecule has 0 spiro atoms. The van der Waals surface area contributed by atoms with E-state index in [1.807, 2.05) is 18.2 Å². The minimum atomic E-state index is -0.442. The maximum absolute atomic E-state index is 9.71. The molecule has 0 amide bonds. The molecule has 16 heavy (non-hydrogen) atoms. The van der Waals surface area contributed by atoms with Gasteiger partial charge in [-0.3, -0.25) is 4.98 Å². The van der Waals surface area contributed by atoms with Crippen molar-refractivity contribution in [2.45, 2.75) is 32.8 Å². The van der Waals surface area contributed by atoms with Crippen molar-refractivity contribution < 1.29 is 5.11 Å². The number of para-hydroxylation sites is 1. The largest absolute Gasteiger partial charge is 0.389 e. The molecule has 2 aromatic rings. The van der Waals surface area contributed by atoms with Crippen molar-refractivity contribution in [1.82, 2.24) is 4.98 Å². The van der Waals surface area contributed by atoms with Crippen molar-refractivity contribution in [3.8, 4) is 0 Å². The summed E-state index contributed by atoms with van der Waals surface area (Å²) in [6.45, 7) is 3.96. The van der Waals surface area contributed by atoms with Gasteiger partial charge in [-0.15, -0.1) is 0 Å². The van der Waals surface area contributed by atoms with Gasteiger partial charge in [0.1, 0.15) is 0 Å². The molecule has 0 aliphatic heterocycles. The third kappa shape index (κ3) is 1.93. The summed E-state index contributed by atoms with van der Waals surface area (Å²) < 4.78 is 0. The van der Waals surface area contributed by atoms with Gasteiger partial charge in [0.05, 0.1) is 11.6 Å². The van der Waals surface area contributed by atoms with Gasteiger partial charge in [-0.2, -0.15) is 0 Å². The van der Waals surface area contributed by atoms with Gasteiger partial charge in [-0.25, -0.2) is 0 Å². The average Bonchev–Trinajstić information content (AvgIpc) is 2.29. The van der Waals surface area contributed by atoms with Gasteiger partial charge < -0.3 is 5.11 Å². The van der Waals surface area contributed by atoms with E-state index in [0.717, 1.165) is 29.3 Å². The molecule has 2 heteroatoms. The summed E-state index contributed by atoms with van der Waals surface area (Å²) in [5.41, 5.74) is 3.26. The highest BCUT2D eigenvalue weighted by molar-refractivity contribution is 5.85. The van der Waals surface area contributed by atoms with E-state index >= 15 is 0 Å². The molecular formula is C14H17NO. The standard InChI is InChI=1S/C14H17NO/c1-3-5-11-6-4-7-13-12(10(2)16)8-9-15-14(11)13/h4,6-10,16H,3,5H2,1-2H3. The highest BCUT2D eigenvalue weighted by Crippen LogP contribution is 2.25. The second-order valence-electron chi connectivity index (χ2n) is 4.14. The second kappa shape index (κ2) is 4.62. The summed E-state index contributed by atoms with van der Waals surface area (Å²) in [7, 11) is 0. The number of hydrogen-bond donors (Lipinski definition) is 1. The number of aryl methyl sites for hydroxylation is 1. The fourth-order valence-electron chi connectivity index (χ4n) is 2.09. The summed E-state index contributed by atoms with van der Waals surface area (Å²) in [4.78, 5) is 4.43. The Morgan fingerprint density at radius 2 is 2.12 bits per heavy atom. The fraction of sp³-hybridized carbons (Fsp3) is 0.357. The Hall–Kier alpha value is -1.41. The molecule has 1 N–H and O–H groups in total. The Labute approximate surface area is 96.0 Å². The van der Waals surface area contributed by atoms with E-state index in [0.29, 0.717) is 0 Å². The SMILES string of the molecule is CCCc1cccc2c(C(C)O)ccnc12. The molecule has 1 aromatic carbocycles. The van der Waals surface area contributed by atoms with E-state index in [2.05, 4.69) is 18.0 Å². The molecule has 1 atom stereocenters. The molecule has 2 nitrogen and oxygen atoms in total.